The van der Waals surface area contributed by atoms with Gasteiger partial charge in [0.1, 0.15) is 0 Å². The molecule has 1 heterocycles. The first-order chi connectivity index (χ1) is 4.77. The number of ether oxygens (including phenoxy) is 2. The molecule has 0 N–H and O–H groups in total. The van der Waals surface area contributed by atoms with E-state index in [9.17, 15) is 0 Å². The topological polar surface area (TPSA) is 18.5 Å². The molecule has 0 radical (unpaired) electrons. The van der Waals surface area contributed by atoms with Crippen LogP contribution in [0.15, 0.2) is 0 Å². The summed E-state index contributed by atoms with van der Waals surface area (Å²) < 4.78 is 10.1. The van der Waals surface area contributed by atoms with Crippen LogP contribution in [-0.2, 0) is 9.47 Å². The largest absolute Gasteiger partial charge is 0.385 e. The van der Waals surface area contributed by atoms with Crippen LogP contribution in [0.25, 0.3) is 0 Å². The Morgan fingerprint density at radius 3 is 2.60 bits per heavy atom. The molecule has 0 saturated carbocycles. The summed E-state index contributed by atoms with van der Waals surface area (Å²) in [7, 11) is 1.75. The van der Waals surface area contributed by atoms with Crippen molar-refractivity contribution in [2.24, 2.45) is 5.41 Å². The summed E-state index contributed by atoms with van der Waals surface area (Å²) in [4.78, 5) is 0. The van der Waals surface area contributed by atoms with Gasteiger partial charge in [-0.25, -0.2) is 0 Å². The lowest BCUT2D eigenvalue weighted by molar-refractivity contribution is -0.108. The summed E-state index contributed by atoms with van der Waals surface area (Å²) in [6, 6.07) is 0. The summed E-state index contributed by atoms with van der Waals surface area (Å²) in [5, 5.41) is 0. The fraction of sp³-hybridized carbons (Fsp3) is 1.00. The van der Waals surface area contributed by atoms with Crippen molar-refractivity contribution in [2.45, 2.75) is 19.8 Å². The van der Waals surface area contributed by atoms with Crippen LogP contribution in [0.4, 0.5) is 0 Å². The summed E-state index contributed by atoms with van der Waals surface area (Å²) >= 11 is 0. The fourth-order valence-electron chi connectivity index (χ4n) is 1.24. The molecule has 0 unspecified atom stereocenters. The van der Waals surface area contributed by atoms with Gasteiger partial charge < -0.3 is 9.47 Å². The third kappa shape index (κ3) is 1.96. The number of hydrogen-bond donors (Lipinski definition) is 0. The zero-order valence-corrected chi connectivity index (χ0v) is 6.85. The SMILES string of the molecule is COCCCC1(C)COC1. The van der Waals surface area contributed by atoms with Crippen LogP contribution < -0.4 is 0 Å². The van der Waals surface area contributed by atoms with E-state index in [2.05, 4.69) is 6.92 Å². The molecule has 1 aliphatic heterocycles. The molecule has 0 aliphatic carbocycles. The molecule has 2 nitrogen and oxygen atoms in total. The van der Waals surface area contributed by atoms with Crippen molar-refractivity contribution in [3.05, 3.63) is 0 Å². The zero-order chi connectivity index (χ0) is 7.45. The minimum Gasteiger partial charge on any atom is -0.385 e. The monoisotopic (exact) mass is 144 g/mol. The second-order valence-electron chi connectivity index (χ2n) is 3.40. The van der Waals surface area contributed by atoms with Crippen LogP contribution in [0.1, 0.15) is 19.8 Å². The van der Waals surface area contributed by atoms with Crippen molar-refractivity contribution in [3.63, 3.8) is 0 Å². The third-order valence-corrected chi connectivity index (χ3v) is 2.03. The molecule has 0 spiro atoms. The third-order valence-electron chi connectivity index (χ3n) is 2.03. The van der Waals surface area contributed by atoms with Gasteiger partial charge >= 0.3 is 0 Å². The Morgan fingerprint density at radius 1 is 1.50 bits per heavy atom. The molecule has 0 atom stereocenters. The summed E-state index contributed by atoms with van der Waals surface area (Å²) in [5.41, 5.74) is 0.471. The summed E-state index contributed by atoms with van der Waals surface area (Å²) in [5.74, 6) is 0. The van der Waals surface area contributed by atoms with Gasteiger partial charge in [-0.1, -0.05) is 6.92 Å². The second-order valence-corrected chi connectivity index (χ2v) is 3.40. The van der Waals surface area contributed by atoms with E-state index in [4.69, 9.17) is 9.47 Å². The highest BCUT2D eigenvalue weighted by molar-refractivity contribution is 4.80. The predicted octanol–water partition coefficient (Wildman–Crippen LogP) is 1.45. The molecular weight excluding hydrogens is 128 g/mol. The maximum atomic E-state index is 5.13. The lowest BCUT2D eigenvalue weighted by Gasteiger charge is -2.38. The van der Waals surface area contributed by atoms with E-state index in [1.165, 1.54) is 6.42 Å². The Morgan fingerprint density at radius 2 is 2.20 bits per heavy atom. The number of methoxy groups -OCH3 is 1. The lowest BCUT2D eigenvalue weighted by atomic mass is 9.84. The highest BCUT2D eigenvalue weighted by Gasteiger charge is 2.32. The lowest BCUT2D eigenvalue weighted by Crippen LogP contribution is -2.39. The Labute approximate surface area is 62.5 Å². The highest BCUT2D eigenvalue weighted by Crippen LogP contribution is 2.31. The Hall–Kier alpha value is -0.0800. The number of rotatable bonds is 4. The molecule has 1 rings (SSSR count). The van der Waals surface area contributed by atoms with Crippen LogP contribution in [-0.4, -0.2) is 26.9 Å². The van der Waals surface area contributed by atoms with E-state index in [0.29, 0.717) is 5.41 Å². The van der Waals surface area contributed by atoms with Gasteiger partial charge in [0.15, 0.2) is 0 Å². The van der Waals surface area contributed by atoms with Gasteiger partial charge in [0, 0.05) is 19.1 Å². The van der Waals surface area contributed by atoms with Crippen molar-refractivity contribution in [2.75, 3.05) is 26.9 Å². The van der Waals surface area contributed by atoms with Crippen molar-refractivity contribution in [1.29, 1.82) is 0 Å². The number of hydrogen-bond acceptors (Lipinski definition) is 2. The van der Waals surface area contributed by atoms with Crippen molar-refractivity contribution in [3.8, 4) is 0 Å². The molecule has 60 valence electrons. The second kappa shape index (κ2) is 3.35. The van der Waals surface area contributed by atoms with Crippen LogP contribution >= 0.6 is 0 Å². The molecule has 0 aromatic rings. The van der Waals surface area contributed by atoms with E-state index in [1.54, 1.807) is 7.11 Å². The Kier molecular flexibility index (Phi) is 2.69. The molecule has 10 heavy (non-hydrogen) atoms. The normalized spacial score (nSPS) is 22.2. The molecule has 1 fully saturated rings. The van der Waals surface area contributed by atoms with Crippen LogP contribution in [0.3, 0.4) is 0 Å². The van der Waals surface area contributed by atoms with Crippen LogP contribution in [0.5, 0.6) is 0 Å². The molecular formula is C8H16O2. The zero-order valence-electron chi connectivity index (χ0n) is 6.85. The average molecular weight is 144 g/mol. The Bertz CT molecular complexity index is 97.4. The van der Waals surface area contributed by atoms with Crippen LogP contribution in [0.2, 0.25) is 0 Å². The summed E-state index contributed by atoms with van der Waals surface area (Å²) in [6.45, 7) is 5.04. The fourth-order valence-corrected chi connectivity index (χ4v) is 1.24. The van der Waals surface area contributed by atoms with Gasteiger partial charge in [0.2, 0.25) is 0 Å². The molecule has 1 saturated heterocycles. The van der Waals surface area contributed by atoms with Gasteiger partial charge in [0.25, 0.3) is 0 Å². The molecule has 1 aliphatic rings. The van der Waals surface area contributed by atoms with Gasteiger partial charge in [-0.05, 0) is 12.8 Å². The van der Waals surface area contributed by atoms with Crippen molar-refractivity contribution >= 4 is 0 Å². The van der Waals surface area contributed by atoms with E-state index in [-0.39, 0.29) is 0 Å². The summed E-state index contributed by atoms with van der Waals surface area (Å²) in [6.07, 6.45) is 2.40. The maximum Gasteiger partial charge on any atom is 0.0542 e. The van der Waals surface area contributed by atoms with Crippen molar-refractivity contribution < 1.29 is 9.47 Å². The van der Waals surface area contributed by atoms with E-state index in [1.807, 2.05) is 0 Å². The predicted molar refractivity (Wildman–Crippen MR) is 40.0 cm³/mol. The Balaban J connectivity index is 2.01. The molecule has 0 bridgehead atoms. The smallest absolute Gasteiger partial charge is 0.0542 e. The van der Waals surface area contributed by atoms with Gasteiger partial charge in [-0.2, -0.15) is 0 Å². The maximum absolute atomic E-state index is 5.13. The van der Waals surface area contributed by atoms with E-state index in [0.717, 1.165) is 26.2 Å². The highest BCUT2D eigenvalue weighted by atomic mass is 16.5. The minimum absolute atomic E-state index is 0.471. The van der Waals surface area contributed by atoms with Gasteiger partial charge in [-0.3, -0.25) is 0 Å². The van der Waals surface area contributed by atoms with Gasteiger partial charge in [-0.15, -0.1) is 0 Å². The first-order valence-corrected chi connectivity index (χ1v) is 3.83. The average Bonchev–Trinajstić information content (AvgIpc) is 1.85. The first kappa shape index (κ1) is 8.02. The molecule has 0 aromatic carbocycles. The van der Waals surface area contributed by atoms with E-state index >= 15 is 0 Å². The molecule has 0 aromatic heterocycles. The molecule has 0 amide bonds. The standard InChI is InChI=1S/C8H16O2/c1-8(6-10-7-8)4-3-5-9-2/h3-7H2,1-2H3. The van der Waals surface area contributed by atoms with E-state index < -0.39 is 0 Å². The van der Waals surface area contributed by atoms with Crippen LogP contribution in [0, 0.1) is 5.41 Å². The van der Waals surface area contributed by atoms with Gasteiger partial charge in [0.05, 0.1) is 13.2 Å². The van der Waals surface area contributed by atoms with Crippen molar-refractivity contribution in [1.82, 2.24) is 0 Å². The minimum atomic E-state index is 0.471. The first-order valence-electron chi connectivity index (χ1n) is 3.83. The quantitative estimate of drug-likeness (QED) is 0.556. The molecule has 2 heteroatoms.